The van der Waals surface area contributed by atoms with E-state index >= 15 is 0 Å². The third kappa shape index (κ3) is 3.28. The van der Waals surface area contributed by atoms with E-state index in [4.69, 9.17) is 14.3 Å². The molecule has 0 N–H and O–H groups in total. The fourth-order valence-electron chi connectivity index (χ4n) is 2.16. The minimum Gasteiger partial charge on any atom is -0.489 e. The zero-order chi connectivity index (χ0) is 15.2. The second-order valence-electron chi connectivity index (χ2n) is 4.84. The fraction of sp³-hybridized carbons (Fsp3) is 0.167. The van der Waals surface area contributed by atoms with Crippen molar-refractivity contribution in [3.8, 4) is 11.5 Å². The standard InChI is InChI=1S/C18H17NO3/c1-2-10-22-19-17-13-21-18-11-15(8-9-16(17)18)20-12-14-6-4-3-5-7-14/h2-9,11H,1,10,12-13H2. The third-order valence-electron chi connectivity index (χ3n) is 3.24. The number of rotatable bonds is 6. The lowest BCUT2D eigenvalue weighted by Gasteiger charge is -2.07. The van der Waals surface area contributed by atoms with Crippen LogP contribution in [0.3, 0.4) is 0 Å². The fourth-order valence-corrected chi connectivity index (χ4v) is 2.16. The molecule has 0 amide bonds. The number of fused-ring (bicyclic) bond motifs is 1. The highest BCUT2D eigenvalue weighted by atomic mass is 16.6. The van der Waals surface area contributed by atoms with Crippen molar-refractivity contribution < 1.29 is 14.3 Å². The molecule has 0 spiro atoms. The topological polar surface area (TPSA) is 40.0 Å². The van der Waals surface area contributed by atoms with E-state index in [2.05, 4.69) is 11.7 Å². The Balaban J connectivity index is 1.67. The molecular weight excluding hydrogens is 278 g/mol. The molecule has 2 aromatic rings. The molecule has 112 valence electrons. The van der Waals surface area contributed by atoms with Crippen LogP contribution in [0.2, 0.25) is 0 Å². The molecule has 1 heterocycles. The van der Waals surface area contributed by atoms with Gasteiger partial charge in [0.25, 0.3) is 0 Å². The van der Waals surface area contributed by atoms with Gasteiger partial charge in [0, 0.05) is 11.6 Å². The quantitative estimate of drug-likeness (QED) is 0.465. The molecule has 0 fully saturated rings. The number of benzene rings is 2. The van der Waals surface area contributed by atoms with Crippen LogP contribution in [0.1, 0.15) is 11.1 Å². The normalized spacial score (nSPS) is 14.3. The van der Waals surface area contributed by atoms with Crippen LogP contribution in [0.5, 0.6) is 11.5 Å². The second-order valence-corrected chi connectivity index (χ2v) is 4.84. The first-order chi connectivity index (χ1) is 10.9. The maximum absolute atomic E-state index is 5.79. The summed E-state index contributed by atoms with van der Waals surface area (Å²) in [4.78, 5) is 5.12. The van der Waals surface area contributed by atoms with Crippen LogP contribution in [0.15, 0.2) is 66.3 Å². The van der Waals surface area contributed by atoms with Crippen LogP contribution >= 0.6 is 0 Å². The minimum atomic E-state index is 0.386. The summed E-state index contributed by atoms with van der Waals surface area (Å²) in [5.41, 5.74) is 2.85. The van der Waals surface area contributed by atoms with Gasteiger partial charge >= 0.3 is 0 Å². The number of oxime groups is 1. The third-order valence-corrected chi connectivity index (χ3v) is 3.24. The van der Waals surface area contributed by atoms with Crippen molar-refractivity contribution in [3.05, 3.63) is 72.3 Å². The summed E-state index contributed by atoms with van der Waals surface area (Å²) >= 11 is 0. The Labute approximate surface area is 129 Å². The van der Waals surface area contributed by atoms with Crippen molar-refractivity contribution in [1.29, 1.82) is 0 Å². The Bertz CT molecular complexity index is 680. The van der Waals surface area contributed by atoms with E-state index in [9.17, 15) is 0 Å². The lowest BCUT2D eigenvalue weighted by Crippen LogP contribution is -2.03. The molecule has 0 unspecified atom stereocenters. The number of ether oxygens (including phenoxy) is 2. The van der Waals surface area contributed by atoms with Gasteiger partial charge in [-0.25, -0.2) is 0 Å². The van der Waals surface area contributed by atoms with Gasteiger partial charge in [-0.1, -0.05) is 48.1 Å². The molecule has 4 nitrogen and oxygen atoms in total. The molecule has 0 saturated carbocycles. The molecule has 22 heavy (non-hydrogen) atoms. The van der Waals surface area contributed by atoms with Crippen LogP contribution in [0.4, 0.5) is 0 Å². The molecular formula is C18H17NO3. The highest BCUT2D eigenvalue weighted by Gasteiger charge is 2.20. The first kappa shape index (κ1) is 14.2. The Hall–Kier alpha value is -2.75. The zero-order valence-corrected chi connectivity index (χ0v) is 12.2. The van der Waals surface area contributed by atoms with Gasteiger partial charge in [0.15, 0.2) is 0 Å². The molecule has 0 atom stereocenters. The average molecular weight is 295 g/mol. The summed E-state index contributed by atoms with van der Waals surface area (Å²) in [5, 5.41) is 4.06. The van der Waals surface area contributed by atoms with E-state index in [0.717, 1.165) is 28.3 Å². The molecule has 0 aromatic heterocycles. The summed E-state index contributed by atoms with van der Waals surface area (Å²) in [6.07, 6.45) is 1.65. The van der Waals surface area contributed by atoms with E-state index in [1.54, 1.807) is 6.08 Å². The van der Waals surface area contributed by atoms with Crippen molar-refractivity contribution in [1.82, 2.24) is 0 Å². The van der Waals surface area contributed by atoms with Crippen LogP contribution < -0.4 is 9.47 Å². The summed E-state index contributed by atoms with van der Waals surface area (Å²) in [6.45, 7) is 4.91. The van der Waals surface area contributed by atoms with Crippen molar-refractivity contribution in [2.45, 2.75) is 6.61 Å². The van der Waals surface area contributed by atoms with Crippen LogP contribution in [-0.2, 0) is 11.4 Å². The summed E-state index contributed by atoms with van der Waals surface area (Å²) in [7, 11) is 0. The van der Waals surface area contributed by atoms with E-state index in [1.807, 2.05) is 48.5 Å². The molecule has 2 aromatic carbocycles. The lowest BCUT2D eigenvalue weighted by atomic mass is 10.1. The molecule has 1 aliphatic heterocycles. The minimum absolute atomic E-state index is 0.386. The molecule has 0 radical (unpaired) electrons. The summed E-state index contributed by atoms with van der Waals surface area (Å²) in [5.74, 6) is 1.54. The molecule has 4 heteroatoms. The monoisotopic (exact) mass is 295 g/mol. The number of hydrogen-bond donors (Lipinski definition) is 0. The maximum atomic E-state index is 5.79. The first-order valence-electron chi connectivity index (χ1n) is 7.10. The van der Waals surface area contributed by atoms with Gasteiger partial charge in [0.1, 0.15) is 37.0 Å². The highest BCUT2D eigenvalue weighted by Crippen LogP contribution is 2.30. The van der Waals surface area contributed by atoms with Gasteiger partial charge in [-0.3, -0.25) is 0 Å². The van der Waals surface area contributed by atoms with Gasteiger partial charge in [0.05, 0.1) is 0 Å². The van der Waals surface area contributed by atoms with Gasteiger partial charge < -0.3 is 14.3 Å². The number of hydrogen-bond acceptors (Lipinski definition) is 4. The van der Waals surface area contributed by atoms with E-state index < -0.39 is 0 Å². The first-order valence-corrected chi connectivity index (χ1v) is 7.10. The average Bonchev–Trinajstić information content (AvgIpc) is 2.97. The van der Waals surface area contributed by atoms with Crippen LogP contribution in [-0.4, -0.2) is 18.9 Å². The van der Waals surface area contributed by atoms with Crippen molar-refractivity contribution >= 4 is 5.71 Å². The predicted molar refractivity (Wildman–Crippen MR) is 85.4 cm³/mol. The Kier molecular flexibility index (Phi) is 4.39. The second kappa shape index (κ2) is 6.80. The smallest absolute Gasteiger partial charge is 0.135 e. The van der Waals surface area contributed by atoms with Crippen molar-refractivity contribution in [2.24, 2.45) is 5.16 Å². The zero-order valence-electron chi connectivity index (χ0n) is 12.2. The SMILES string of the molecule is C=CCON=C1COc2cc(OCc3ccccc3)ccc21. The summed E-state index contributed by atoms with van der Waals surface area (Å²) < 4.78 is 11.4. The molecule has 0 bridgehead atoms. The van der Waals surface area contributed by atoms with E-state index in [1.165, 1.54) is 0 Å². The lowest BCUT2D eigenvalue weighted by molar-refractivity contribution is 0.173. The van der Waals surface area contributed by atoms with Gasteiger partial charge in [-0.2, -0.15) is 0 Å². The Morgan fingerprint density at radius 3 is 2.86 bits per heavy atom. The molecule has 0 aliphatic carbocycles. The van der Waals surface area contributed by atoms with Crippen molar-refractivity contribution in [3.63, 3.8) is 0 Å². The molecule has 0 saturated heterocycles. The van der Waals surface area contributed by atoms with E-state index in [-0.39, 0.29) is 0 Å². The summed E-state index contributed by atoms with van der Waals surface area (Å²) in [6, 6.07) is 15.8. The van der Waals surface area contributed by atoms with Crippen LogP contribution in [0.25, 0.3) is 0 Å². The van der Waals surface area contributed by atoms with Gasteiger partial charge in [0.2, 0.25) is 0 Å². The largest absolute Gasteiger partial charge is 0.489 e. The number of nitrogens with zero attached hydrogens (tertiary/aromatic N) is 1. The van der Waals surface area contributed by atoms with Gasteiger partial charge in [-0.05, 0) is 17.7 Å². The Morgan fingerprint density at radius 2 is 2.05 bits per heavy atom. The van der Waals surface area contributed by atoms with Crippen molar-refractivity contribution in [2.75, 3.05) is 13.2 Å². The van der Waals surface area contributed by atoms with E-state index in [0.29, 0.717) is 19.8 Å². The maximum Gasteiger partial charge on any atom is 0.135 e. The van der Waals surface area contributed by atoms with Crippen LogP contribution in [0, 0.1) is 0 Å². The Morgan fingerprint density at radius 1 is 1.18 bits per heavy atom. The highest BCUT2D eigenvalue weighted by molar-refractivity contribution is 6.06. The molecule has 1 aliphatic rings. The molecule has 3 rings (SSSR count). The predicted octanol–water partition coefficient (Wildman–Crippen LogP) is 3.56. The van der Waals surface area contributed by atoms with Gasteiger partial charge in [-0.15, -0.1) is 0 Å².